The fourth-order valence-electron chi connectivity index (χ4n) is 3.06. The number of fused-ring (bicyclic) bond motifs is 3. The average Bonchev–Trinajstić information content (AvgIpc) is 3.07. The zero-order valence-electron chi connectivity index (χ0n) is 12.6. The van der Waals surface area contributed by atoms with E-state index < -0.39 is 0 Å². The number of aromatic amines is 1. The molecule has 0 unspecified atom stereocenters. The lowest BCUT2D eigenvalue weighted by molar-refractivity contribution is 0.916. The molecule has 2 aromatic heterocycles. The molecule has 2 heterocycles. The molecule has 0 bridgehead atoms. The summed E-state index contributed by atoms with van der Waals surface area (Å²) in [5.74, 6) is 0.655. The number of nitrogens with one attached hydrogen (secondary N) is 1. The Morgan fingerprint density at radius 1 is 1.18 bits per heavy atom. The van der Waals surface area contributed by atoms with Crippen molar-refractivity contribution in [2.75, 3.05) is 19.0 Å². The quantitative estimate of drug-likeness (QED) is 0.790. The van der Waals surface area contributed by atoms with Gasteiger partial charge in [0.1, 0.15) is 10.7 Å². The van der Waals surface area contributed by atoms with Crippen LogP contribution < -0.4 is 10.5 Å². The number of hydrogen-bond acceptors (Lipinski definition) is 4. The maximum Gasteiger partial charge on any atom is 0.260 e. The highest BCUT2D eigenvalue weighted by molar-refractivity contribution is 7.18. The third kappa shape index (κ3) is 2.04. The van der Waals surface area contributed by atoms with E-state index in [0.29, 0.717) is 5.82 Å². The zero-order chi connectivity index (χ0) is 15.3. The molecule has 0 aliphatic heterocycles. The molecular formula is C17H17N3OS. The van der Waals surface area contributed by atoms with Crippen molar-refractivity contribution in [1.82, 2.24) is 9.97 Å². The van der Waals surface area contributed by atoms with Crippen LogP contribution in [0.25, 0.3) is 21.6 Å². The molecule has 1 aliphatic rings. The summed E-state index contributed by atoms with van der Waals surface area (Å²) in [5, 5.41) is 0.811. The minimum atomic E-state index is -0.00362. The molecule has 4 rings (SSSR count). The molecule has 3 aromatic rings. The summed E-state index contributed by atoms with van der Waals surface area (Å²) in [6.45, 7) is 0. The van der Waals surface area contributed by atoms with Gasteiger partial charge in [0.25, 0.3) is 5.56 Å². The van der Waals surface area contributed by atoms with Crippen LogP contribution in [0.1, 0.15) is 16.9 Å². The van der Waals surface area contributed by atoms with E-state index in [1.54, 1.807) is 11.3 Å². The van der Waals surface area contributed by atoms with Crippen LogP contribution >= 0.6 is 11.3 Å². The number of aromatic nitrogens is 2. The molecule has 0 amide bonds. The number of nitrogens with zero attached hydrogens (tertiary/aromatic N) is 2. The number of thiophene rings is 1. The van der Waals surface area contributed by atoms with Gasteiger partial charge in [-0.25, -0.2) is 4.98 Å². The molecule has 112 valence electrons. The maximum atomic E-state index is 12.5. The Labute approximate surface area is 132 Å². The fraction of sp³-hybridized carbons (Fsp3) is 0.294. The summed E-state index contributed by atoms with van der Waals surface area (Å²) < 4.78 is 0. The van der Waals surface area contributed by atoms with Crippen LogP contribution in [-0.2, 0) is 12.8 Å². The molecule has 1 N–H and O–H groups in total. The van der Waals surface area contributed by atoms with Crippen molar-refractivity contribution >= 4 is 27.2 Å². The first kappa shape index (κ1) is 13.5. The molecule has 4 nitrogen and oxygen atoms in total. The summed E-state index contributed by atoms with van der Waals surface area (Å²) in [5.41, 5.74) is 3.29. The van der Waals surface area contributed by atoms with Crippen molar-refractivity contribution in [3.05, 3.63) is 45.1 Å². The second kappa shape index (κ2) is 4.95. The lowest BCUT2D eigenvalue weighted by atomic mass is 10.1. The van der Waals surface area contributed by atoms with Crippen LogP contribution in [0.2, 0.25) is 0 Å². The van der Waals surface area contributed by atoms with E-state index in [0.717, 1.165) is 40.7 Å². The van der Waals surface area contributed by atoms with Gasteiger partial charge in [-0.15, -0.1) is 11.3 Å². The molecule has 0 fully saturated rings. The summed E-state index contributed by atoms with van der Waals surface area (Å²) in [4.78, 5) is 24.4. The number of aryl methyl sites for hydroxylation is 2. The molecule has 1 aliphatic carbocycles. The Bertz CT molecular complexity index is 906. The van der Waals surface area contributed by atoms with Crippen LogP contribution in [0.3, 0.4) is 0 Å². The number of hydrogen-bond donors (Lipinski definition) is 1. The van der Waals surface area contributed by atoms with Crippen molar-refractivity contribution < 1.29 is 0 Å². The van der Waals surface area contributed by atoms with Gasteiger partial charge in [0.05, 0.1) is 5.39 Å². The highest BCUT2D eigenvalue weighted by Gasteiger charge is 2.21. The van der Waals surface area contributed by atoms with Crippen LogP contribution in [0.4, 0.5) is 5.69 Å². The predicted molar refractivity (Wildman–Crippen MR) is 92.0 cm³/mol. The lowest BCUT2D eigenvalue weighted by Crippen LogP contribution is -2.10. The molecule has 0 atom stereocenters. The highest BCUT2D eigenvalue weighted by atomic mass is 32.1. The largest absolute Gasteiger partial charge is 0.378 e. The summed E-state index contributed by atoms with van der Waals surface area (Å²) in [6.07, 6.45) is 3.25. The Balaban J connectivity index is 1.84. The van der Waals surface area contributed by atoms with Gasteiger partial charge in [-0.3, -0.25) is 4.79 Å². The summed E-state index contributed by atoms with van der Waals surface area (Å²) >= 11 is 1.68. The fourth-order valence-corrected chi connectivity index (χ4v) is 4.32. The van der Waals surface area contributed by atoms with Gasteiger partial charge in [0.15, 0.2) is 0 Å². The monoisotopic (exact) mass is 311 g/mol. The van der Waals surface area contributed by atoms with Crippen LogP contribution in [0, 0.1) is 0 Å². The van der Waals surface area contributed by atoms with E-state index in [9.17, 15) is 4.79 Å². The van der Waals surface area contributed by atoms with E-state index in [-0.39, 0.29) is 5.56 Å². The number of H-pyrrole nitrogens is 1. The van der Waals surface area contributed by atoms with Crippen molar-refractivity contribution in [3.8, 4) is 11.4 Å². The summed E-state index contributed by atoms with van der Waals surface area (Å²) in [6, 6.07) is 8.07. The first-order valence-electron chi connectivity index (χ1n) is 7.46. The first-order valence-corrected chi connectivity index (χ1v) is 8.27. The van der Waals surface area contributed by atoms with Crippen molar-refractivity contribution in [2.45, 2.75) is 19.3 Å². The third-order valence-electron chi connectivity index (χ3n) is 4.23. The topological polar surface area (TPSA) is 49.0 Å². The smallest absolute Gasteiger partial charge is 0.260 e. The predicted octanol–water partition coefficient (Wildman–Crippen LogP) is 3.21. The van der Waals surface area contributed by atoms with Gasteiger partial charge in [0.2, 0.25) is 0 Å². The van der Waals surface area contributed by atoms with E-state index in [1.165, 1.54) is 10.4 Å². The summed E-state index contributed by atoms with van der Waals surface area (Å²) in [7, 11) is 4.02. The molecule has 0 radical (unpaired) electrons. The van der Waals surface area contributed by atoms with Crippen molar-refractivity contribution in [2.24, 2.45) is 0 Å². The Hall–Kier alpha value is -2.14. The van der Waals surface area contributed by atoms with E-state index >= 15 is 0 Å². The van der Waals surface area contributed by atoms with Gasteiger partial charge >= 0.3 is 0 Å². The average molecular weight is 311 g/mol. The third-order valence-corrected chi connectivity index (χ3v) is 5.42. The lowest BCUT2D eigenvalue weighted by Gasteiger charge is -2.12. The normalized spacial score (nSPS) is 13.5. The zero-order valence-corrected chi connectivity index (χ0v) is 13.5. The molecular weight excluding hydrogens is 294 g/mol. The number of benzene rings is 1. The standard InChI is InChI=1S/C17H17N3OS/c1-20(2)11-8-6-10(7-9-11)15-18-16(21)14-12-4-3-5-13(12)22-17(14)19-15/h6-9H,3-5H2,1-2H3,(H,18,19,21). The van der Waals surface area contributed by atoms with Gasteiger partial charge in [-0.1, -0.05) is 0 Å². The van der Waals surface area contributed by atoms with E-state index in [4.69, 9.17) is 4.98 Å². The second-order valence-corrected chi connectivity index (χ2v) is 6.98. The maximum absolute atomic E-state index is 12.5. The van der Waals surface area contributed by atoms with Crippen molar-refractivity contribution in [3.63, 3.8) is 0 Å². The molecule has 1 aromatic carbocycles. The first-order chi connectivity index (χ1) is 10.6. The van der Waals surface area contributed by atoms with Crippen LogP contribution in [0.15, 0.2) is 29.1 Å². The molecule has 22 heavy (non-hydrogen) atoms. The number of rotatable bonds is 2. The van der Waals surface area contributed by atoms with Gasteiger partial charge in [-0.2, -0.15) is 0 Å². The van der Waals surface area contributed by atoms with Gasteiger partial charge in [-0.05, 0) is 49.1 Å². The van der Waals surface area contributed by atoms with E-state index in [1.807, 2.05) is 43.3 Å². The van der Waals surface area contributed by atoms with Crippen molar-refractivity contribution in [1.29, 1.82) is 0 Å². The minimum Gasteiger partial charge on any atom is -0.378 e. The Morgan fingerprint density at radius 2 is 1.95 bits per heavy atom. The Morgan fingerprint density at radius 3 is 2.68 bits per heavy atom. The SMILES string of the molecule is CN(C)c1ccc(-c2nc3sc4c(c3c(=O)[nH]2)CCC4)cc1. The van der Waals surface area contributed by atoms with Crippen LogP contribution in [-0.4, -0.2) is 24.1 Å². The molecule has 5 heteroatoms. The molecule has 0 saturated carbocycles. The van der Waals surface area contributed by atoms with Crippen LogP contribution in [0.5, 0.6) is 0 Å². The van der Waals surface area contributed by atoms with E-state index in [2.05, 4.69) is 4.98 Å². The second-order valence-electron chi connectivity index (χ2n) is 5.89. The Kier molecular flexibility index (Phi) is 3.04. The molecule has 0 spiro atoms. The molecule has 0 saturated heterocycles. The van der Waals surface area contributed by atoms with Gasteiger partial charge in [0, 0.05) is 30.2 Å². The number of anilines is 1. The van der Waals surface area contributed by atoms with Gasteiger partial charge < -0.3 is 9.88 Å². The highest BCUT2D eigenvalue weighted by Crippen LogP contribution is 2.35. The minimum absolute atomic E-state index is 0.00362.